The lowest BCUT2D eigenvalue weighted by Crippen LogP contribution is -2.30. The lowest BCUT2D eigenvalue weighted by atomic mass is 10.0. The summed E-state index contributed by atoms with van der Waals surface area (Å²) in [5.41, 5.74) is 0. The molecule has 0 saturated heterocycles. The predicted molar refractivity (Wildman–Crippen MR) is 288 cm³/mol. The number of carbonyl (C=O) groups excluding carboxylic acids is 3. The van der Waals surface area contributed by atoms with Gasteiger partial charge in [-0.3, -0.25) is 14.4 Å². The molecule has 388 valence electrons. The van der Waals surface area contributed by atoms with Crippen molar-refractivity contribution in [2.75, 3.05) is 13.2 Å². The Morgan fingerprint density at radius 3 is 0.910 bits per heavy atom. The summed E-state index contributed by atoms with van der Waals surface area (Å²) in [5.74, 6) is -0.917. The molecule has 0 aliphatic carbocycles. The maximum Gasteiger partial charge on any atom is 0.306 e. The molecule has 0 aromatic rings. The zero-order chi connectivity index (χ0) is 48.6. The van der Waals surface area contributed by atoms with E-state index in [1.807, 2.05) is 0 Å². The molecule has 0 rings (SSSR count). The first-order chi connectivity index (χ1) is 33.0. The van der Waals surface area contributed by atoms with E-state index in [1.54, 1.807) is 0 Å². The molecule has 6 heteroatoms. The molecule has 0 spiro atoms. The molecule has 0 bridgehead atoms. The van der Waals surface area contributed by atoms with Gasteiger partial charge in [0.15, 0.2) is 6.10 Å². The van der Waals surface area contributed by atoms with Crippen LogP contribution in [0.4, 0.5) is 0 Å². The first-order valence-corrected chi connectivity index (χ1v) is 28.8. The van der Waals surface area contributed by atoms with Gasteiger partial charge in [0.25, 0.3) is 0 Å². The molecule has 1 atom stereocenters. The average molecular weight is 938 g/mol. The third-order valence-corrected chi connectivity index (χ3v) is 12.5. The Labute approximate surface area is 415 Å². The van der Waals surface area contributed by atoms with Crippen LogP contribution in [0.2, 0.25) is 0 Å². The standard InChI is InChI=1S/C61H108O6/c1-4-7-10-13-16-18-20-22-24-26-28-29-30-31-32-34-35-37-39-41-43-45-48-51-54-60(63)66-57-58(56-65-59(62)53-50-47-15-12-9-6-3)67-61(64)55-52-49-46-44-42-40-38-36-33-27-25-23-21-19-17-14-11-8-5-2/h8,11,17,19,23,25,33,36,40,42,58H,4-7,9-10,12-16,18,20-22,24,26-32,34-35,37-39,41,43-57H2,1-3H3/b11-8-,19-17-,25-23-,36-33-,42-40-. The molecular weight excluding hydrogens is 829 g/mol. The fourth-order valence-corrected chi connectivity index (χ4v) is 8.24. The molecule has 0 fully saturated rings. The quantitative estimate of drug-likeness (QED) is 0.0262. The zero-order valence-electron chi connectivity index (χ0n) is 44.4. The SMILES string of the molecule is CC/C=C\C/C=C\C/C=C\C/C=C\C/C=C\CCCCCC(=O)OC(COC(=O)CCCCCCCC)COC(=O)CCCCCCCCCCCCCCCCCCCCCCCCCC. The van der Waals surface area contributed by atoms with Crippen LogP contribution < -0.4 is 0 Å². The largest absolute Gasteiger partial charge is 0.462 e. The van der Waals surface area contributed by atoms with Gasteiger partial charge in [0.05, 0.1) is 0 Å². The van der Waals surface area contributed by atoms with Gasteiger partial charge in [-0.2, -0.15) is 0 Å². The fraction of sp³-hybridized carbons (Fsp3) is 0.787. The van der Waals surface area contributed by atoms with Crippen molar-refractivity contribution in [1.29, 1.82) is 0 Å². The lowest BCUT2D eigenvalue weighted by molar-refractivity contribution is -0.167. The second kappa shape index (κ2) is 55.7. The number of allylic oxidation sites excluding steroid dienone is 10. The smallest absolute Gasteiger partial charge is 0.306 e. The van der Waals surface area contributed by atoms with Gasteiger partial charge in [0.1, 0.15) is 13.2 Å². The van der Waals surface area contributed by atoms with Crippen molar-refractivity contribution in [1.82, 2.24) is 0 Å². The molecule has 0 aromatic carbocycles. The minimum absolute atomic E-state index is 0.0850. The van der Waals surface area contributed by atoms with Crippen molar-refractivity contribution >= 4 is 17.9 Å². The van der Waals surface area contributed by atoms with E-state index in [1.165, 1.54) is 154 Å². The highest BCUT2D eigenvalue weighted by Gasteiger charge is 2.19. The average Bonchev–Trinajstić information content (AvgIpc) is 3.33. The Bertz CT molecular complexity index is 1210. The van der Waals surface area contributed by atoms with Crippen molar-refractivity contribution < 1.29 is 28.6 Å². The maximum absolute atomic E-state index is 12.8. The molecule has 0 amide bonds. The number of esters is 3. The highest BCUT2D eigenvalue weighted by molar-refractivity contribution is 5.71. The summed E-state index contributed by atoms with van der Waals surface area (Å²) in [4.78, 5) is 37.9. The number of carbonyl (C=O) groups is 3. The predicted octanol–water partition coefficient (Wildman–Crippen LogP) is 19.2. The van der Waals surface area contributed by atoms with Gasteiger partial charge < -0.3 is 14.2 Å². The lowest BCUT2D eigenvalue weighted by Gasteiger charge is -2.18. The van der Waals surface area contributed by atoms with Crippen LogP contribution in [-0.4, -0.2) is 37.2 Å². The summed E-state index contributed by atoms with van der Waals surface area (Å²) in [6, 6.07) is 0. The van der Waals surface area contributed by atoms with E-state index in [4.69, 9.17) is 14.2 Å². The summed E-state index contributed by atoms with van der Waals surface area (Å²) < 4.78 is 16.7. The number of ether oxygens (including phenoxy) is 3. The van der Waals surface area contributed by atoms with E-state index in [0.29, 0.717) is 19.3 Å². The van der Waals surface area contributed by atoms with Crippen LogP contribution in [0.1, 0.15) is 290 Å². The van der Waals surface area contributed by atoms with E-state index in [2.05, 4.69) is 81.5 Å². The summed E-state index contributed by atoms with van der Waals surface area (Å²) in [5, 5.41) is 0. The van der Waals surface area contributed by atoms with E-state index in [0.717, 1.165) is 96.3 Å². The molecule has 0 aliphatic heterocycles. The summed E-state index contributed by atoms with van der Waals surface area (Å²) in [7, 11) is 0. The van der Waals surface area contributed by atoms with Gasteiger partial charge >= 0.3 is 17.9 Å². The summed E-state index contributed by atoms with van der Waals surface area (Å²) >= 11 is 0. The molecule has 0 radical (unpaired) electrons. The van der Waals surface area contributed by atoms with Crippen molar-refractivity contribution in [3.8, 4) is 0 Å². The van der Waals surface area contributed by atoms with Crippen molar-refractivity contribution in [3.63, 3.8) is 0 Å². The van der Waals surface area contributed by atoms with Gasteiger partial charge in [-0.05, 0) is 64.2 Å². The first kappa shape index (κ1) is 64.1. The fourth-order valence-electron chi connectivity index (χ4n) is 8.24. The molecule has 67 heavy (non-hydrogen) atoms. The van der Waals surface area contributed by atoms with Gasteiger partial charge in [-0.15, -0.1) is 0 Å². The Morgan fingerprint density at radius 2 is 0.582 bits per heavy atom. The maximum atomic E-state index is 12.8. The van der Waals surface area contributed by atoms with Crippen LogP contribution in [0.15, 0.2) is 60.8 Å². The number of hydrogen-bond acceptors (Lipinski definition) is 6. The van der Waals surface area contributed by atoms with Crippen molar-refractivity contribution in [3.05, 3.63) is 60.8 Å². The molecule has 0 aromatic heterocycles. The zero-order valence-corrected chi connectivity index (χ0v) is 44.4. The van der Waals surface area contributed by atoms with E-state index in [-0.39, 0.29) is 31.1 Å². The van der Waals surface area contributed by atoms with E-state index in [9.17, 15) is 14.4 Å². The van der Waals surface area contributed by atoms with Crippen LogP contribution in [0, 0.1) is 0 Å². The Morgan fingerprint density at radius 1 is 0.313 bits per heavy atom. The van der Waals surface area contributed by atoms with Gasteiger partial charge in [-0.1, -0.05) is 268 Å². The van der Waals surface area contributed by atoms with E-state index < -0.39 is 6.10 Å². The van der Waals surface area contributed by atoms with Crippen LogP contribution in [0.5, 0.6) is 0 Å². The molecule has 6 nitrogen and oxygen atoms in total. The van der Waals surface area contributed by atoms with Crippen molar-refractivity contribution in [2.45, 2.75) is 297 Å². The van der Waals surface area contributed by atoms with Crippen LogP contribution in [0.3, 0.4) is 0 Å². The second-order valence-corrected chi connectivity index (χ2v) is 19.2. The molecule has 0 heterocycles. The highest BCUT2D eigenvalue weighted by Crippen LogP contribution is 2.17. The molecule has 0 N–H and O–H groups in total. The molecular formula is C61H108O6. The monoisotopic (exact) mass is 937 g/mol. The normalized spacial score (nSPS) is 12.5. The first-order valence-electron chi connectivity index (χ1n) is 28.8. The molecule has 0 aliphatic rings. The molecule has 1 unspecified atom stereocenters. The summed E-state index contributed by atoms with van der Waals surface area (Å²) in [6.07, 6.45) is 69.7. The van der Waals surface area contributed by atoms with Crippen molar-refractivity contribution in [2.24, 2.45) is 0 Å². The van der Waals surface area contributed by atoms with Crippen LogP contribution in [0.25, 0.3) is 0 Å². The minimum Gasteiger partial charge on any atom is -0.462 e. The Balaban J connectivity index is 4.15. The van der Waals surface area contributed by atoms with Crippen LogP contribution in [-0.2, 0) is 28.6 Å². The Kier molecular flexibility index (Phi) is 53.3. The number of unbranched alkanes of at least 4 members (excludes halogenated alkanes) is 31. The van der Waals surface area contributed by atoms with Gasteiger partial charge in [0.2, 0.25) is 0 Å². The highest BCUT2D eigenvalue weighted by atomic mass is 16.6. The Hall–Kier alpha value is -2.89. The van der Waals surface area contributed by atoms with E-state index >= 15 is 0 Å². The number of rotatable bonds is 52. The number of hydrogen-bond donors (Lipinski definition) is 0. The summed E-state index contributed by atoms with van der Waals surface area (Å²) in [6.45, 7) is 6.47. The third kappa shape index (κ3) is 53.9. The van der Waals surface area contributed by atoms with Gasteiger partial charge in [-0.25, -0.2) is 0 Å². The van der Waals surface area contributed by atoms with Gasteiger partial charge in [0, 0.05) is 19.3 Å². The van der Waals surface area contributed by atoms with Crippen LogP contribution >= 0.6 is 0 Å². The minimum atomic E-state index is -0.787. The topological polar surface area (TPSA) is 78.9 Å². The molecule has 0 saturated carbocycles. The second-order valence-electron chi connectivity index (χ2n) is 19.2. The third-order valence-electron chi connectivity index (χ3n) is 12.5.